The molecule has 1 heterocycles. The summed E-state index contributed by atoms with van der Waals surface area (Å²) in [7, 11) is 4.78. The summed E-state index contributed by atoms with van der Waals surface area (Å²) >= 11 is 6.83. The maximum absolute atomic E-state index is 13.9. The van der Waals surface area contributed by atoms with Gasteiger partial charge in [-0.3, -0.25) is 33.8 Å². The van der Waals surface area contributed by atoms with E-state index in [0.29, 0.717) is 22.7 Å². The van der Waals surface area contributed by atoms with E-state index in [4.69, 9.17) is 22.1 Å². The number of carbonyl (C=O) groups excluding carboxylic acids is 5. The highest BCUT2D eigenvalue weighted by atomic mass is 35.5. The Hall–Kier alpha value is -2.70. The number of rotatable bonds is 5. The Morgan fingerprint density at radius 1 is 1.20 bits per heavy atom. The fourth-order valence-electron chi connectivity index (χ4n) is 7.37. The average molecular weight is 576 g/mol. The number of aromatic hydroxyl groups is 1. The molecule has 4 aliphatic rings. The van der Waals surface area contributed by atoms with Gasteiger partial charge in [0.2, 0.25) is 5.91 Å². The van der Waals surface area contributed by atoms with E-state index in [9.17, 15) is 34.2 Å². The summed E-state index contributed by atoms with van der Waals surface area (Å²) in [6.07, 6.45) is 2.04. The van der Waals surface area contributed by atoms with Gasteiger partial charge in [-0.15, -0.1) is 0 Å². The monoisotopic (exact) mass is 575 g/mol. The molecule has 6 atom stereocenters. The number of nitrogens with two attached hydrogens (primary N) is 1. The number of piperidine rings is 1. The number of fused-ring (bicyclic) bond motifs is 3. The lowest BCUT2D eigenvalue weighted by molar-refractivity contribution is -0.181. The normalized spacial score (nSPS) is 33.1. The van der Waals surface area contributed by atoms with Crippen LogP contribution in [0.3, 0.4) is 0 Å². The Morgan fingerprint density at radius 3 is 2.42 bits per heavy atom. The van der Waals surface area contributed by atoms with Gasteiger partial charge in [0.15, 0.2) is 34.7 Å². The lowest BCUT2D eigenvalue weighted by atomic mass is 9.52. The molecule has 1 saturated heterocycles. The maximum Gasteiger partial charge on any atom is 0.235 e. The van der Waals surface area contributed by atoms with E-state index in [-0.39, 0.29) is 30.3 Å². The lowest BCUT2D eigenvalue weighted by Gasteiger charge is -2.52. The van der Waals surface area contributed by atoms with Crippen molar-refractivity contribution in [2.75, 3.05) is 34.3 Å². The molecule has 2 saturated carbocycles. The van der Waals surface area contributed by atoms with Crippen molar-refractivity contribution in [3.05, 3.63) is 27.8 Å². The molecule has 0 bridgehead atoms. The molecule has 6 unspecified atom stereocenters. The number of phenols is 1. The van der Waals surface area contributed by atoms with Crippen molar-refractivity contribution in [3.8, 4) is 5.75 Å². The second-order valence-corrected chi connectivity index (χ2v) is 12.1. The van der Waals surface area contributed by atoms with Crippen molar-refractivity contribution < 1.29 is 38.9 Å². The molecule has 40 heavy (non-hydrogen) atoms. The van der Waals surface area contributed by atoms with Gasteiger partial charge in [-0.05, 0) is 62.9 Å². The highest BCUT2D eigenvalue weighted by molar-refractivity contribution is 6.34. The minimum atomic E-state index is -2.75. The Morgan fingerprint density at radius 2 is 1.85 bits per heavy atom. The van der Waals surface area contributed by atoms with Crippen molar-refractivity contribution >= 4 is 40.6 Å². The van der Waals surface area contributed by atoms with Crippen LogP contribution in [-0.4, -0.2) is 101 Å². The number of ketones is 4. The van der Waals surface area contributed by atoms with E-state index >= 15 is 0 Å². The first-order chi connectivity index (χ1) is 18.8. The molecule has 3 fully saturated rings. The summed E-state index contributed by atoms with van der Waals surface area (Å²) in [4.78, 5) is 69.9. The summed E-state index contributed by atoms with van der Waals surface area (Å²) in [6, 6.07) is 0.286. The second kappa shape index (κ2) is 10.3. The van der Waals surface area contributed by atoms with E-state index in [1.807, 2.05) is 0 Å². The first-order valence-electron chi connectivity index (χ1n) is 13.5. The van der Waals surface area contributed by atoms with Crippen LogP contribution in [0.1, 0.15) is 40.7 Å². The molecule has 5 rings (SSSR count). The molecule has 1 amide bonds. The number of likely N-dealkylation sites (N-methyl/N-ethyl adjacent to an activating group) is 1. The molecule has 0 aromatic heterocycles. The van der Waals surface area contributed by atoms with Gasteiger partial charge in [-0.25, -0.2) is 0 Å². The van der Waals surface area contributed by atoms with Crippen LogP contribution in [0.4, 0.5) is 0 Å². The molecule has 1 aromatic carbocycles. The fraction of sp³-hybridized carbons (Fsp3) is 0.607. The summed E-state index contributed by atoms with van der Waals surface area (Å²) in [5.41, 5.74) is 3.57. The summed E-state index contributed by atoms with van der Waals surface area (Å²) < 4.78 is 5.43. The number of aliphatic hydroxyl groups is 1. The summed E-state index contributed by atoms with van der Waals surface area (Å²) in [5, 5.41) is 22.9. The smallest absolute Gasteiger partial charge is 0.235 e. The molecule has 0 spiro atoms. The number of Topliss-reactive ketones (excluding diaryl/α,β-unsaturated/α-hetero) is 4. The number of carbonyl (C=O) groups is 5. The van der Waals surface area contributed by atoms with Crippen molar-refractivity contribution in [2.45, 2.75) is 50.0 Å². The molecule has 3 aliphatic carbocycles. The molecule has 0 radical (unpaired) electrons. The van der Waals surface area contributed by atoms with E-state index in [1.54, 1.807) is 21.2 Å². The molecule has 4 N–H and O–H groups in total. The largest absolute Gasteiger partial charge is 0.507 e. The summed E-state index contributed by atoms with van der Waals surface area (Å²) in [5.74, 6) is -10.7. The SMILES string of the molecule is COC1CCN(Cc2cc(O)c3c(c2Cl)CC2CC4C(N(C)C)C(=O)C(C(N)=O)C(=O)C4(O)C(=O)C2C3=O)CC1. The van der Waals surface area contributed by atoms with E-state index in [0.717, 1.165) is 25.9 Å². The van der Waals surface area contributed by atoms with Crippen molar-refractivity contribution in [1.29, 1.82) is 0 Å². The van der Waals surface area contributed by atoms with Crippen LogP contribution in [0.2, 0.25) is 5.02 Å². The zero-order chi connectivity index (χ0) is 29.3. The molecule has 1 aromatic rings. The summed E-state index contributed by atoms with van der Waals surface area (Å²) in [6.45, 7) is 2.02. The number of nitrogens with zero attached hydrogens (tertiary/aromatic N) is 2. The number of hydrogen-bond acceptors (Lipinski definition) is 10. The molecular weight excluding hydrogens is 542 g/mol. The van der Waals surface area contributed by atoms with Crippen LogP contribution < -0.4 is 5.73 Å². The molecule has 12 heteroatoms. The number of hydrogen-bond donors (Lipinski definition) is 3. The topological polar surface area (TPSA) is 168 Å². The van der Waals surface area contributed by atoms with Crippen LogP contribution in [0, 0.1) is 23.7 Å². The van der Waals surface area contributed by atoms with Gasteiger partial charge in [0, 0.05) is 37.7 Å². The molecule has 216 valence electrons. The van der Waals surface area contributed by atoms with E-state index in [1.165, 1.54) is 11.0 Å². The molecule has 11 nitrogen and oxygen atoms in total. The van der Waals surface area contributed by atoms with Crippen LogP contribution in [0.15, 0.2) is 6.07 Å². The maximum atomic E-state index is 13.9. The molecular formula is C28H34ClN3O8. The van der Waals surface area contributed by atoms with Gasteiger partial charge in [0.1, 0.15) is 5.75 Å². The van der Waals surface area contributed by atoms with Crippen molar-refractivity contribution in [1.82, 2.24) is 9.80 Å². The quantitative estimate of drug-likeness (QED) is 0.410. The predicted octanol–water partition coefficient (Wildman–Crippen LogP) is 0.131. The Balaban J connectivity index is 1.52. The third-order valence-corrected chi connectivity index (χ3v) is 9.80. The van der Waals surface area contributed by atoms with Gasteiger partial charge in [0.25, 0.3) is 0 Å². The highest BCUT2D eigenvalue weighted by Gasteiger charge is 2.69. The van der Waals surface area contributed by atoms with Gasteiger partial charge in [-0.1, -0.05) is 11.6 Å². The minimum Gasteiger partial charge on any atom is -0.507 e. The predicted molar refractivity (Wildman–Crippen MR) is 142 cm³/mol. The third kappa shape index (κ3) is 4.21. The van der Waals surface area contributed by atoms with Crippen molar-refractivity contribution in [2.24, 2.45) is 29.4 Å². The van der Waals surface area contributed by atoms with E-state index in [2.05, 4.69) is 4.90 Å². The Kier molecular flexibility index (Phi) is 7.41. The number of ether oxygens (including phenoxy) is 1. The zero-order valence-electron chi connectivity index (χ0n) is 22.7. The van der Waals surface area contributed by atoms with Crippen LogP contribution in [-0.2, 0) is 36.9 Å². The Bertz CT molecular complexity index is 1310. The first kappa shape index (κ1) is 28.8. The van der Waals surface area contributed by atoms with Gasteiger partial charge < -0.3 is 20.7 Å². The number of primary amides is 1. The lowest BCUT2D eigenvalue weighted by Crippen LogP contribution is -2.74. The number of halogens is 1. The average Bonchev–Trinajstić information content (AvgIpc) is 2.89. The van der Waals surface area contributed by atoms with Crippen molar-refractivity contribution in [3.63, 3.8) is 0 Å². The van der Waals surface area contributed by atoms with Gasteiger partial charge in [0.05, 0.1) is 23.6 Å². The van der Waals surface area contributed by atoms with Crippen LogP contribution in [0.5, 0.6) is 5.75 Å². The number of methoxy groups -OCH3 is 1. The van der Waals surface area contributed by atoms with Crippen LogP contribution >= 0.6 is 11.6 Å². The second-order valence-electron chi connectivity index (χ2n) is 11.7. The first-order valence-corrected chi connectivity index (χ1v) is 13.8. The standard InChI is InChI=1S/C28H34ClN3O8/c1-31(2)22-16-9-12-8-15-19(17(33)10-13(21(15)29)11-32-6-4-14(40-3)5-7-32)23(34)18(12)25(36)28(16,39)26(37)20(24(22)35)27(30)38/h10,12,14,16,18,20,22,33,39H,4-9,11H2,1-3H3,(H2,30,38). The highest BCUT2D eigenvalue weighted by Crippen LogP contribution is 2.51. The van der Waals surface area contributed by atoms with Gasteiger partial charge in [-0.2, -0.15) is 0 Å². The number of benzene rings is 1. The molecule has 1 aliphatic heterocycles. The third-order valence-electron chi connectivity index (χ3n) is 9.33. The number of amides is 1. The van der Waals surface area contributed by atoms with Crippen LogP contribution in [0.25, 0.3) is 0 Å². The van der Waals surface area contributed by atoms with E-state index < -0.39 is 64.4 Å². The number of phenolic OH excluding ortho intramolecular Hbond substituents is 1. The fourth-order valence-corrected chi connectivity index (χ4v) is 7.65. The minimum absolute atomic E-state index is 0.0181. The Labute approximate surface area is 236 Å². The number of likely N-dealkylation sites (tertiary alicyclic amines) is 1. The zero-order valence-corrected chi connectivity index (χ0v) is 23.4. The van der Waals surface area contributed by atoms with Gasteiger partial charge >= 0.3 is 0 Å².